The van der Waals surface area contributed by atoms with Crippen LogP contribution in [0.3, 0.4) is 0 Å². The summed E-state index contributed by atoms with van der Waals surface area (Å²) in [5, 5.41) is 7.52. The Hall–Kier alpha value is -3.55. The predicted molar refractivity (Wildman–Crippen MR) is 104 cm³/mol. The summed E-state index contributed by atoms with van der Waals surface area (Å²) in [6.07, 6.45) is -0.973. The van der Waals surface area contributed by atoms with Crippen LogP contribution >= 0.6 is 0 Å². The molecule has 1 unspecified atom stereocenters. The smallest absolute Gasteiger partial charge is 0.414 e. The van der Waals surface area contributed by atoms with Crippen LogP contribution in [0.2, 0.25) is 0 Å². The lowest BCUT2D eigenvalue weighted by Gasteiger charge is -2.15. The van der Waals surface area contributed by atoms with E-state index in [1.807, 2.05) is 0 Å². The number of carbonyl (C=O) groups excluding carboxylic acids is 2. The van der Waals surface area contributed by atoms with Gasteiger partial charge in [-0.2, -0.15) is 0 Å². The first-order valence-electron chi connectivity index (χ1n) is 8.63. The highest BCUT2D eigenvalue weighted by atomic mass is 16.6. The van der Waals surface area contributed by atoms with Crippen molar-refractivity contribution in [1.82, 2.24) is 0 Å². The highest BCUT2D eigenvalue weighted by Crippen LogP contribution is 2.29. The number of carbonyl (C=O) groups is 2. The number of hydrogen-bond acceptors (Lipinski definition) is 6. The zero-order chi connectivity index (χ0) is 20.3. The molecule has 3 N–H and O–H groups in total. The fraction of sp³-hybridized carbons (Fsp3) is 0.250. The van der Waals surface area contributed by atoms with Crippen LogP contribution in [0.25, 0.3) is 0 Å². The zero-order valence-electron chi connectivity index (χ0n) is 15.6. The minimum Gasteiger partial charge on any atom is -0.493 e. The fourth-order valence-corrected chi connectivity index (χ4v) is 2.85. The number of ketones is 1. The number of amidine groups is 1. The van der Waals surface area contributed by atoms with E-state index in [1.165, 1.54) is 18.9 Å². The Morgan fingerprint density at radius 1 is 1.25 bits per heavy atom. The van der Waals surface area contributed by atoms with Gasteiger partial charge in [-0.05, 0) is 37.3 Å². The zero-order valence-corrected chi connectivity index (χ0v) is 15.6. The number of methoxy groups -OCH3 is 1. The van der Waals surface area contributed by atoms with E-state index >= 15 is 0 Å². The summed E-state index contributed by atoms with van der Waals surface area (Å²) >= 11 is 0. The van der Waals surface area contributed by atoms with E-state index in [0.717, 1.165) is 0 Å². The number of anilines is 1. The first-order valence-corrected chi connectivity index (χ1v) is 8.63. The van der Waals surface area contributed by atoms with E-state index < -0.39 is 12.2 Å². The Kier molecular flexibility index (Phi) is 5.49. The number of amides is 1. The summed E-state index contributed by atoms with van der Waals surface area (Å²) in [5.74, 6) is 0.747. The van der Waals surface area contributed by atoms with Gasteiger partial charge in [-0.15, -0.1) is 0 Å². The lowest BCUT2D eigenvalue weighted by Crippen LogP contribution is -2.27. The van der Waals surface area contributed by atoms with Crippen molar-refractivity contribution in [3.8, 4) is 11.5 Å². The molecular formula is C20H21N3O5. The van der Waals surface area contributed by atoms with Crippen LogP contribution in [-0.2, 0) is 4.74 Å². The SMILES string of the molecule is COc1cc(C(C)=O)ccc1OCC1CN(c2cccc(C(=N)N)c2)C(=O)O1. The van der Waals surface area contributed by atoms with E-state index in [-0.39, 0.29) is 18.2 Å². The third-order valence-electron chi connectivity index (χ3n) is 4.34. The normalized spacial score (nSPS) is 15.9. The molecule has 1 saturated heterocycles. The summed E-state index contributed by atoms with van der Waals surface area (Å²) < 4.78 is 16.4. The molecule has 146 valence electrons. The van der Waals surface area contributed by atoms with Gasteiger partial charge in [0.1, 0.15) is 12.4 Å². The molecule has 28 heavy (non-hydrogen) atoms. The number of nitrogens with two attached hydrogens (primary N) is 1. The maximum Gasteiger partial charge on any atom is 0.414 e. The molecule has 0 saturated carbocycles. The predicted octanol–water partition coefficient (Wildman–Crippen LogP) is 2.59. The molecule has 3 rings (SSSR count). The number of ether oxygens (including phenoxy) is 3. The molecule has 2 aromatic carbocycles. The van der Waals surface area contributed by atoms with E-state index in [9.17, 15) is 9.59 Å². The second-order valence-electron chi connectivity index (χ2n) is 6.31. The van der Waals surface area contributed by atoms with Crippen molar-refractivity contribution < 1.29 is 23.8 Å². The van der Waals surface area contributed by atoms with Crippen molar-refractivity contribution in [2.45, 2.75) is 13.0 Å². The number of Topliss-reactive ketones (excluding diaryl/α,β-unsaturated/α-hetero) is 1. The summed E-state index contributed by atoms with van der Waals surface area (Å²) in [6, 6.07) is 11.8. The minimum atomic E-state index is -0.492. The largest absolute Gasteiger partial charge is 0.493 e. The number of hydrogen-bond donors (Lipinski definition) is 2. The van der Waals surface area contributed by atoms with Crippen molar-refractivity contribution in [1.29, 1.82) is 5.41 Å². The molecule has 0 spiro atoms. The van der Waals surface area contributed by atoms with Crippen molar-refractivity contribution in [2.24, 2.45) is 5.73 Å². The summed E-state index contributed by atoms with van der Waals surface area (Å²) in [4.78, 5) is 25.2. The highest BCUT2D eigenvalue weighted by Gasteiger charge is 2.33. The van der Waals surface area contributed by atoms with Crippen LogP contribution in [0.5, 0.6) is 11.5 Å². The average molecular weight is 383 g/mol. The minimum absolute atomic E-state index is 0.0713. The summed E-state index contributed by atoms with van der Waals surface area (Å²) in [5.41, 5.74) is 7.16. The Balaban J connectivity index is 1.67. The van der Waals surface area contributed by atoms with Gasteiger partial charge in [0, 0.05) is 16.8 Å². The molecule has 1 heterocycles. The topological polar surface area (TPSA) is 115 Å². The van der Waals surface area contributed by atoms with E-state index in [4.69, 9.17) is 25.4 Å². The molecule has 1 aliphatic heterocycles. The number of nitrogens with zero attached hydrogens (tertiary/aromatic N) is 1. The lowest BCUT2D eigenvalue weighted by molar-refractivity contribution is 0.101. The number of nitrogens with one attached hydrogen (secondary N) is 1. The van der Waals surface area contributed by atoms with Crippen LogP contribution in [0, 0.1) is 5.41 Å². The number of nitrogen functional groups attached to an aromatic ring is 1. The van der Waals surface area contributed by atoms with Crippen molar-refractivity contribution >= 4 is 23.4 Å². The maximum absolute atomic E-state index is 12.2. The molecule has 1 aliphatic rings. The van der Waals surface area contributed by atoms with Gasteiger partial charge >= 0.3 is 6.09 Å². The third kappa shape index (κ3) is 4.06. The summed E-state index contributed by atoms with van der Waals surface area (Å²) in [6.45, 7) is 1.90. The first kappa shape index (κ1) is 19.2. The van der Waals surface area contributed by atoms with Crippen LogP contribution in [0.15, 0.2) is 42.5 Å². The molecule has 0 aliphatic carbocycles. The van der Waals surface area contributed by atoms with Gasteiger partial charge in [0.25, 0.3) is 0 Å². The Bertz CT molecular complexity index is 928. The Morgan fingerprint density at radius 2 is 2.04 bits per heavy atom. The lowest BCUT2D eigenvalue weighted by atomic mass is 10.1. The number of rotatable bonds is 7. The van der Waals surface area contributed by atoms with E-state index in [1.54, 1.807) is 42.5 Å². The molecule has 8 nitrogen and oxygen atoms in total. The molecule has 0 bridgehead atoms. The van der Waals surface area contributed by atoms with Crippen molar-refractivity contribution in [3.63, 3.8) is 0 Å². The molecular weight excluding hydrogens is 362 g/mol. The summed E-state index contributed by atoms with van der Waals surface area (Å²) in [7, 11) is 1.49. The second kappa shape index (κ2) is 7.99. The molecule has 0 aromatic heterocycles. The standard InChI is InChI=1S/C20H21N3O5/c1-12(24)13-6-7-17(18(9-13)26-2)27-11-16-10-23(20(25)28-16)15-5-3-4-14(8-15)19(21)22/h3-9,16H,10-11H2,1-2H3,(H3,21,22). The van der Waals surface area contributed by atoms with Gasteiger partial charge in [-0.3, -0.25) is 15.1 Å². The quantitative estimate of drug-likeness (QED) is 0.431. The van der Waals surface area contributed by atoms with Crippen LogP contribution in [0.4, 0.5) is 10.5 Å². The second-order valence-corrected chi connectivity index (χ2v) is 6.31. The first-order chi connectivity index (χ1) is 13.4. The van der Waals surface area contributed by atoms with Gasteiger partial charge in [-0.25, -0.2) is 4.79 Å². The van der Waals surface area contributed by atoms with Gasteiger partial charge in [0.15, 0.2) is 23.4 Å². The van der Waals surface area contributed by atoms with E-state index in [2.05, 4.69) is 0 Å². The van der Waals surface area contributed by atoms with Crippen molar-refractivity contribution in [2.75, 3.05) is 25.2 Å². The molecule has 2 aromatic rings. The van der Waals surface area contributed by atoms with Crippen LogP contribution in [0.1, 0.15) is 22.8 Å². The fourth-order valence-electron chi connectivity index (χ4n) is 2.85. The molecule has 1 amide bonds. The molecule has 0 radical (unpaired) electrons. The highest BCUT2D eigenvalue weighted by molar-refractivity contribution is 5.97. The van der Waals surface area contributed by atoms with Crippen LogP contribution < -0.4 is 20.1 Å². The maximum atomic E-state index is 12.2. The third-order valence-corrected chi connectivity index (χ3v) is 4.34. The van der Waals surface area contributed by atoms with Gasteiger partial charge in [0.2, 0.25) is 0 Å². The molecule has 1 atom stereocenters. The molecule has 1 fully saturated rings. The Morgan fingerprint density at radius 3 is 2.71 bits per heavy atom. The average Bonchev–Trinajstić information content (AvgIpc) is 3.06. The van der Waals surface area contributed by atoms with Gasteiger partial charge in [-0.1, -0.05) is 12.1 Å². The number of cyclic esters (lactones) is 1. The van der Waals surface area contributed by atoms with Crippen molar-refractivity contribution in [3.05, 3.63) is 53.6 Å². The van der Waals surface area contributed by atoms with Gasteiger partial charge < -0.3 is 19.9 Å². The van der Waals surface area contributed by atoms with E-state index in [0.29, 0.717) is 34.9 Å². The molecule has 8 heteroatoms. The Labute approximate surface area is 162 Å². The monoisotopic (exact) mass is 383 g/mol. The van der Waals surface area contributed by atoms with Gasteiger partial charge in [0.05, 0.1) is 13.7 Å². The number of benzene rings is 2. The van der Waals surface area contributed by atoms with Crippen LogP contribution in [-0.4, -0.2) is 44.1 Å².